The molecule has 0 fully saturated rings. The number of rotatable bonds is 6. The number of hydrogen-bond acceptors (Lipinski definition) is 5. The fourth-order valence-electron chi connectivity index (χ4n) is 3.07. The third-order valence-electron chi connectivity index (χ3n) is 4.50. The number of methoxy groups -OCH3 is 2. The van der Waals surface area contributed by atoms with E-state index in [1.165, 1.54) is 14.2 Å². The lowest BCUT2D eigenvalue weighted by Crippen LogP contribution is -2.42. The second kappa shape index (κ2) is 7.99. The monoisotopic (exact) mass is 383 g/mol. The molecule has 3 rings (SSSR count). The van der Waals surface area contributed by atoms with Crippen LogP contribution in [0, 0.1) is 0 Å². The molecule has 0 radical (unpaired) electrons. The van der Waals surface area contributed by atoms with Crippen molar-refractivity contribution in [2.24, 2.45) is 0 Å². The smallest absolute Gasteiger partial charge is 0.329 e. The Morgan fingerprint density at radius 2 is 1.89 bits per heavy atom. The molecular weight excluding hydrogens is 362 g/mol. The van der Waals surface area contributed by atoms with Crippen LogP contribution in [0.1, 0.15) is 19.4 Å². The van der Waals surface area contributed by atoms with Crippen molar-refractivity contribution >= 4 is 22.5 Å². The summed E-state index contributed by atoms with van der Waals surface area (Å²) in [6.45, 7) is 1.73. The van der Waals surface area contributed by atoms with Gasteiger partial charge in [-0.1, -0.05) is 19.1 Å². The molecule has 8 nitrogen and oxygen atoms in total. The number of H-pyrrole nitrogens is 1. The minimum atomic E-state index is -0.989. The molecule has 0 aliphatic carbocycles. The number of anilines is 1. The molecule has 0 saturated carbocycles. The molecule has 1 heterocycles. The van der Waals surface area contributed by atoms with Gasteiger partial charge in [-0.25, -0.2) is 9.36 Å². The number of benzene rings is 2. The predicted octanol–water partition coefficient (Wildman–Crippen LogP) is 2.30. The van der Waals surface area contributed by atoms with E-state index < -0.39 is 23.2 Å². The minimum absolute atomic E-state index is 0.249. The van der Waals surface area contributed by atoms with Crippen LogP contribution in [0.25, 0.3) is 10.9 Å². The van der Waals surface area contributed by atoms with Gasteiger partial charge in [0.1, 0.15) is 17.5 Å². The van der Waals surface area contributed by atoms with E-state index in [4.69, 9.17) is 9.47 Å². The molecule has 8 heteroatoms. The normalized spacial score (nSPS) is 11.8. The number of nitrogens with zero attached hydrogens (tertiary/aromatic N) is 1. The van der Waals surface area contributed by atoms with Crippen molar-refractivity contribution in [1.82, 2.24) is 9.55 Å². The van der Waals surface area contributed by atoms with Gasteiger partial charge in [-0.05, 0) is 30.7 Å². The summed E-state index contributed by atoms with van der Waals surface area (Å²) in [6.07, 6.45) is 0.249. The molecule has 1 atom stereocenters. The fourth-order valence-corrected chi connectivity index (χ4v) is 3.07. The largest absolute Gasteiger partial charge is 0.497 e. The lowest BCUT2D eigenvalue weighted by Gasteiger charge is -2.19. The van der Waals surface area contributed by atoms with Gasteiger partial charge in [0.05, 0.1) is 30.8 Å². The predicted molar refractivity (Wildman–Crippen MR) is 106 cm³/mol. The molecular formula is C20H21N3O5. The summed E-state index contributed by atoms with van der Waals surface area (Å²) in [7, 11) is 2.99. The van der Waals surface area contributed by atoms with Crippen molar-refractivity contribution in [2.75, 3.05) is 19.5 Å². The number of aromatic amines is 1. The Labute approximate surface area is 160 Å². The van der Waals surface area contributed by atoms with E-state index in [1.807, 2.05) is 0 Å². The van der Waals surface area contributed by atoms with Crippen molar-refractivity contribution in [2.45, 2.75) is 19.4 Å². The molecule has 0 bridgehead atoms. The van der Waals surface area contributed by atoms with E-state index in [9.17, 15) is 14.4 Å². The van der Waals surface area contributed by atoms with Gasteiger partial charge in [0.25, 0.3) is 5.56 Å². The van der Waals surface area contributed by atoms with Crippen LogP contribution in [-0.4, -0.2) is 29.7 Å². The van der Waals surface area contributed by atoms with Crippen LogP contribution in [0.15, 0.2) is 52.1 Å². The molecule has 2 aromatic carbocycles. The van der Waals surface area contributed by atoms with Gasteiger partial charge in [0, 0.05) is 6.07 Å². The van der Waals surface area contributed by atoms with E-state index in [-0.39, 0.29) is 6.42 Å². The highest BCUT2D eigenvalue weighted by atomic mass is 16.5. The number of ether oxygens (including phenoxy) is 2. The zero-order chi connectivity index (χ0) is 20.3. The lowest BCUT2D eigenvalue weighted by molar-refractivity contribution is -0.119. The van der Waals surface area contributed by atoms with Gasteiger partial charge in [-0.2, -0.15) is 0 Å². The number of amides is 1. The Morgan fingerprint density at radius 3 is 2.57 bits per heavy atom. The average Bonchev–Trinajstić information content (AvgIpc) is 2.70. The van der Waals surface area contributed by atoms with E-state index in [2.05, 4.69) is 10.3 Å². The first kappa shape index (κ1) is 19.2. The highest BCUT2D eigenvalue weighted by Gasteiger charge is 2.24. The Morgan fingerprint density at radius 1 is 1.14 bits per heavy atom. The molecule has 28 heavy (non-hydrogen) atoms. The van der Waals surface area contributed by atoms with Gasteiger partial charge in [-0.3, -0.25) is 9.59 Å². The van der Waals surface area contributed by atoms with Crippen LogP contribution in [0.2, 0.25) is 0 Å². The maximum atomic E-state index is 12.9. The molecule has 0 aliphatic heterocycles. The summed E-state index contributed by atoms with van der Waals surface area (Å²) in [5.41, 5.74) is -0.337. The second-order valence-corrected chi connectivity index (χ2v) is 6.13. The summed E-state index contributed by atoms with van der Waals surface area (Å²) in [4.78, 5) is 41.0. The first-order valence-electron chi connectivity index (χ1n) is 8.76. The molecule has 146 valence electrons. The summed E-state index contributed by atoms with van der Waals surface area (Å²) in [6, 6.07) is 10.7. The van der Waals surface area contributed by atoms with Gasteiger partial charge in [0.15, 0.2) is 0 Å². The van der Waals surface area contributed by atoms with Gasteiger partial charge in [0.2, 0.25) is 5.91 Å². The van der Waals surface area contributed by atoms with E-state index in [0.29, 0.717) is 28.1 Å². The highest BCUT2D eigenvalue weighted by molar-refractivity contribution is 5.95. The quantitative estimate of drug-likeness (QED) is 0.680. The maximum absolute atomic E-state index is 12.9. The van der Waals surface area contributed by atoms with Gasteiger partial charge < -0.3 is 19.8 Å². The number of nitrogens with one attached hydrogen (secondary N) is 2. The average molecular weight is 383 g/mol. The van der Waals surface area contributed by atoms with Crippen LogP contribution in [0.3, 0.4) is 0 Å². The molecule has 0 aliphatic rings. The molecule has 1 amide bonds. The molecule has 2 N–H and O–H groups in total. The van der Waals surface area contributed by atoms with Crippen LogP contribution in [0.5, 0.6) is 11.5 Å². The van der Waals surface area contributed by atoms with E-state index in [0.717, 1.165) is 4.57 Å². The van der Waals surface area contributed by atoms with Crippen molar-refractivity contribution in [3.8, 4) is 11.5 Å². The number of hydrogen-bond donors (Lipinski definition) is 2. The molecule has 0 spiro atoms. The summed E-state index contributed by atoms with van der Waals surface area (Å²) >= 11 is 0. The van der Waals surface area contributed by atoms with Crippen molar-refractivity contribution < 1.29 is 14.3 Å². The SMILES string of the molecule is CCC(C(=O)Nc1cc(OC)ccc1OC)n1c(=O)[nH]c2ccccc2c1=O. The number of aromatic nitrogens is 2. The standard InChI is InChI=1S/C20H21N3O5/c1-4-16(18(24)21-15-11-12(27-2)9-10-17(15)28-3)23-19(25)13-7-5-6-8-14(13)22-20(23)26/h5-11,16H,4H2,1-3H3,(H,21,24)(H,22,26). The molecule has 1 aromatic heterocycles. The molecule has 3 aromatic rings. The van der Waals surface area contributed by atoms with Gasteiger partial charge in [-0.15, -0.1) is 0 Å². The number of para-hydroxylation sites is 1. The number of carbonyl (C=O) groups excluding carboxylic acids is 1. The van der Waals surface area contributed by atoms with Gasteiger partial charge >= 0.3 is 5.69 Å². The van der Waals surface area contributed by atoms with E-state index in [1.54, 1.807) is 49.4 Å². The first-order valence-corrected chi connectivity index (χ1v) is 8.76. The van der Waals surface area contributed by atoms with Crippen LogP contribution < -0.4 is 26.0 Å². The van der Waals surface area contributed by atoms with Crippen LogP contribution in [0.4, 0.5) is 5.69 Å². The highest BCUT2D eigenvalue weighted by Crippen LogP contribution is 2.29. The Kier molecular flexibility index (Phi) is 5.49. The number of fused-ring (bicyclic) bond motifs is 1. The van der Waals surface area contributed by atoms with Crippen molar-refractivity contribution in [1.29, 1.82) is 0 Å². The minimum Gasteiger partial charge on any atom is -0.497 e. The Bertz CT molecular complexity index is 1130. The molecule has 1 unspecified atom stereocenters. The van der Waals surface area contributed by atoms with Crippen LogP contribution in [-0.2, 0) is 4.79 Å². The number of carbonyl (C=O) groups is 1. The lowest BCUT2D eigenvalue weighted by atomic mass is 10.1. The van der Waals surface area contributed by atoms with E-state index >= 15 is 0 Å². The molecule has 0 saturated heterocycles. The topological polar surface area (TPSA) is 102 Å². The zero-order valence-electron chi connectivity index (χ0n) is 15.8. The fraction of sp³-hybridized carbons (Fsp3) is 0.250. The van der Waals surface area contributed by atoms with Crippen LogP contribution >= 0.6 is 0 Å². The van der Waals surface area contributed by atoms with Crippen molar-refractivity contribution in [3.05, 3.63) is 63.3 Å². The Balaban J connectivity index is 2.03. The third-order valence-corrected chi connectivity index (χ3v) is 4.50. The first-order chi connectivity index (χ1) is 13.5. The third kappa shape index (κ3) is 3.48. The Hall–Kier alpha value is -3.55. The maximum Gasteiger partial charge on any atom is 0.329 e. The second-order valence-electron chi connectivity index (χ2n) is 6.13. The zero-order valence-corrected chi connectivity index (χ0v) is 15.8. The van der Waals surface area contributed by atoms with Crippen molar-refractivity contribution in [3.63, 3.8) is 0 Å². The summed E-state index contributed by atoms with van der Waals surface area (Å²) < 4.78 is 11.4. The summed E-state index contributed by atoms with van der Waals surface area (Å²) in [5.74, 6) is 0.463. The summed E-state index contributed by atoms with van der Waals surface area (Å²) in [5, 5.41) is 3.07.